The third kappa shape index (κ3) is 7.07. The van der Waals surface area contributed by atoms with Crippen LogP contribution in [0.1, 0.15) is 28.4 Å². The van der Waals surface area contributed by atoms with E-state index in [-0.39, 0.29) is 27.8 Å². The van der Waals surface area contributed by atoms with Crippen molar-refractivity contribution in [3.8, 4) is 0 Å². The third-order valence-electron chi connectivity index (χ3n) is 5.24. The molecular weight excluding hydrogens is 550 g/mol. The van der Waals surface area contributed by atoms with Crippen molar-refractivity contribution in [3.63, 3.8) is 0 Å². The first-order valence-electron chi connectivity index (χ1n) is 10.8. The number of amides is 1. The Kier molecular flexibility index (Phi) is 8.24. The highest BCUT2D eigenvalue weighted by molar-refractivity contribution is 7.92. The van der Waals surface area contributed by atoms with Gasteiger partial charge in [0, 0.05) is 17.8 Å². The van der Waals surface area contributed by atoms with Gasteiger partial charge in [-0.05, 0) is 61.9 Å². The molecule has 39 heavy (non-hydrogen) atoms. The largest absolute Gasteiger partial charge is 0.449 e. The van der Waals surface area contributed by atoms with E-state index in [0.717, 1.165) is 31.2 Å². The van der Waals surface area contributed by atoms with Crippen LogP contribution < -0.4 is 10.0 Å². The molecule has 15 heteroatoms. The van der Waals surface area contributed by atoms with Crippen molar-refractivity contribution in [1.82, 2.24) is 0 Å². The lowest BCUT2D eigenvalue weighted by atomic mass is 10.1. The summed E-state index contributed by atoms with van der Waals surface area (Å²) in [5, 5.41) is 12.8. The second-order valence-corrected chi connectivity index (χ2v) is 9.77. The van der Waals surface area contributed by atoms with Gasteiger partial charge >= 0.3 is 12.1 Å². The zero-order valence-corrected chi connectivity index (χ0v) is 20.9. The number of carbonyl (C=O) groups is 2. The molecule has 0 fully saturated rings. The fraction of sp³-hybridized carbons (Fsp3) is 0.167. The van der Waals surface area contributed by atoms with Crippen molar-refractivity contribution >= 4 is 39.0 Å². The highest BCUT2D eigenvalue weighted by atomic mass is 32.2. The number of aryl methyl sites for hydroxylation is 1. The van der Waals surface area contributed by atoms with E-state index in [4.69, 9.17) is 4.74 Å². The van der Waals surface area contributed by atoms with Gasteiger partial charge in [-0.1, -0.05) is 6.07 Å². The molecule has 2 N–H and O–H groups in total. The predicted molar refractivity (Wildman–Crippen MR) is 130 cm³/mol. The molecule has 0 aromatic heterocycles. The summed E-state index contributed by atoms with van der Waals surface area (Å²) >= 11 is 0. The summed E-state index contributed by atoms with van der Waals surface area (Å²) in [6.45, 7) is 2.51. The second kappa shape index (κ2) is 11.1. The van der Waals surface area contributed by atoms with E-state index < -0.39 is 61.9 Å². The molecule has 3 aromatic carbocycles. The van der Waals surface area contributed by atoms with Gasteiger partial charge in [-0.3, -0.25) is 19.6 Å². The standard InChI is InChI=1S/C24H19F4N3O7S/c1-13-3-4-15(11-21(13)39(36,37)30-17-7-5-16(25)6-8-17)23(33)38-14(2)22(32)29-20-10-9-18(31(34)35)12-19(20)24(26,27)28/h3-12,14,30H,1-2H3,(H,29,32). The number of nitrogens with one attached hydrogen (secondary N) is 2. The number of nitro groups is 1. The van der Waals surface area contributed by atoms with Gasteiger partial charge in [-0.15, -0.1) is 0 Å². The lowest BCUT2D eigenvalue weighted by Gasteiger charge is -2.17. The first-order chi connectivity index (χ1) is 18.1. The maximum absolute atomic E-state index is 13.4. The van der Waals surface area contributed by atoms with Crippen LogP contribution in [0.4, 0.5) is 34.6 Å². The van der Waals surface area contributed by atoms with E-state index in [1.807, 2.05) is 5.32 Å². The van der Waals surface area contributed by atoms with Crippen molar-refractivity contribution < 1.29 is 45.2 Å². The number of sulfonamides is 1. The molecule has 0 aliphatic carbocycles. The summed E-state index contributed by atoms with van der Waals surface area (Å²) in [4.78, 5) is 34.6. The Labute approximate surface area is 218 Å². The molecule has 0 heterocycles. The first kappa shape index (κ1) is 29.0. The van der Waals surface area contributed by atoms with Crippen LogP contribution in [0, 0.1) is 22.9 Å². The number of esters is 1. The molecule has 206 valence electrons. The lowest BCUT2D eigenvalue weighted by Crippen LogP contribution is -2.31. The highest BCUT2D eigenvalue weighted by Gasteiger charge is 2.36. The van der Waals surface area contributed by atoms with Gasteiger partial charge < -0.3 is 10.1 Å². The van der Waals surface area contributed by atoms with Crippen LogP contribution in [0.15, 0.2) is 65.6 Å². The van der Waals surface area contributed by atoms with Gasteiger partial charge in [0.2, 0.25) is 0 Å². The lowest BCUT2D eigenvalue weighted by molar-refractivity contribution is -0.385. The number of anilines is 2. The van der Waals surface area contributed by atoms with Gasteiger partial charge in [-0.25, -0.2) is 17.6 Å². The van der Waals surface area contributed by atoms with Gasteiger partial charge in [0.15, 0.2) is 6.10 Å². The van der Waals surface area contributed by atoms with E-state index in [2.05, 4.69) is 4.72 Å². The number of carbonyl (C=O) groups excluding carboxylic acids is 2. The predicted octanol–water partition coefficient (Wildman–Crippen LogP) is 5.05. The number of ether oxygens (including phenoxy) is 1. The molecule has 0 saturated carbocycles. The minimum atomic E-state index is -5.04. The Hall–Kier alpha value is -4.53. The Balaban J connectivity index is 1.78. The van der Waals surface area contributed by atoms with E-state index >= 15 is 0 Å². The summed E-state index contributed by atoms with van der Waals surface area (Å²) in [7, 11) is -4.24. The number of hydrogen-bond acceptors (Lipinski definition) is 7. The van der Waals surface area contributed by atoms with Crippen molar-refractivity contribution in [2.24, 2.45) is 0 Å². The van der Waals surface area contributed by atoms with Crippen molar-refractivity contribution in [3.05, 3.63) is 93.3 Å². The molecule has 0 aliphatic heterocycles. The molecule has 1 unspecified atom stereocenters. The fourth-order valence-corrected chi connectivity index (χ4v) is 4.58. The topological polar surface area (TPSA) is 145 Å². The number of nitrogens with zero attached hydrogens (tertiary/aromatic N) is 1. The average Bonchev–Trinajstić information content (AvgIpc) is 2.84. The van der Waals surface area contributed by atoms with Gasteiger partial charge in [0.25, 0.3) is 21.6 Å². The van der Waals surface area contributed by atoms with E-state index in [0.29, 0.717) is 6.07 Å². The SMILES string of the molecule is Cc1ccc(C(=O)OC(C)C(=O)Nc2ccc([N+](=O)[O-])cc2C(F)(F)F)cc1S(=O)(=O)Nc1ccc(F)cc1. The fourth-order valence-electron chi connectivity index (χ4n) is 3.25. The zero-order chi connectivity index (χ0) is 29.1. The maximum atomic E-state index is 13.4. The van der Waals surface area contributed by atoms with E-state index in [1.54, 1.807) is 0 Å². The monoisotopic (exact) mass is 569 g/mol. The Bertz CT molecular complexity index is 1540. The summed E-state index contributed by atoms with van der Waals surface area (Å²) in [6, 6.07) is 9.66. The molecular formula is C24H19F4N3O7S. The van der Waals surface area contributed by atoms with Gasteiger partial charge in [0.05, 0.1) is 26.6 Å². The van der Waals surface area contributed by atoms with Crippen LogP contribution in [0.25, 0.3) is 0 Å². The van der Waals surface area contributed by atoms with E-state index in [9.17, 15) is 45.7 Å². The Morgan fingerprint density at radius 2 is 1.67 bits per heavy atom. The van der Waals surface area contributed by atoms with Crippen LogP contribution in [-0.4, -0.2) is 31.3 Å². The molecule has 0 spiro atoms. The summed E-state index contributed by atoms with van der Waals surface area (Å²) in [6.07, 6.45) is -6.69. The van der Waals surface area contributed by atoms with Gasteiger partial charge in [-0.2, -0.15) is 13.2 Å². The van der Waals surface area contributed by atoms with Crippen molar-refractivity contribution in [2.45, 2.75) is 31.0 Å². The molecule has 0 aliphatic rings. The van der Waals surface area contributed by atoms with Crippen molar-refractivity contribution in [2.75, 3.05) is 10.0 Å². The number of benzene rings is 3. The zero-order valence-electron chi connectivity index (χ0n) is 20.1. The smallest absolute Gasteiger partial charge is 0.418 e. The molecule has 0 saturated heterocycles. The minimum Gasteiger partial charge on any atom is -0.449 e. The van der Waals surface area contributed by atoms with Crippen LogP contribution in [0.2, 0.25) is 0 Å². The minimum absolute atomic E-state index is 0.0542. The molecule has 3 rings (SSSR count). The Morgan fingerprint density at radius 1 is 1.03 bits per heavy atom. The number of nitro benzene ring substituents is 1. The van der Waals surface area contributed by atoms with Crippen molar-refractivity contribution in [1.29, 1.82) is 0 Å². The van der Waals surface area contributed by atoms with E-state index in [1.165, 1.54) is 31.2 Å². The highest BCUT2D eigenvalue weighted by Crippen LogP contribution is 2.37. The number of hydrogen-bond donors (Lipinski definition) is 2. The summed E-state index contributed by atoms with van der Waals surface area (Å²) in [5.41, 5.74) is -3.12. The van der Waals surface area contributed by atoms with Crippen LogP contribution >= 0.6 is 0 Å². The summed E-state index contributed by atoms with van der Waals surface area (Å²) in [5.74, 6) is -2.92. The number of halogens is 4. The normalized spacial score (nSPS) is 12.4. The molecule has 1 amide bonds. The van der Waals surface area contributed by atoms with Crippen LogP contribution in [0.3, 0.4) is 0 Å². The average molecular weight is 569 g/mol. The third-order valence-corrected chi connectivity index (χ3v) is 6.76. The first-order valence-corrected chi connectivity index (χ1v) is 12.3. The molecule has 3 aromatic rings. The summed E-state index contributed by atoms with van der Waals surface area (Å²) < 4.78 is 86.1. The van der Waals surface area contributed by atoms with Crippen LogP contribution in [0.5, 0.6) is 0 Å². The van der Waals surface area contributed by atoms with Gasteiger partial charge in [0.1, 0.15) is 5.82 Å². The van der Waals surface area contributed by atoms with Crippen LogP contribution in [-0.2, 0) is 25.7 Å². The molecule has 0 radical (unpaired) electrons. The number of alkyl halides is 3. The molecule has 1 atom stereocenters. The number of non-ortho nitro benzene ring substituents is 1. The quantitative estimate of drug-likeness (QED) is 0.167. The second-order valence-electron chi connectivity index (χ2n) is 8.11. The molecule has 0 bridgehead atoms. The maximum Gasteiger partial charge on any atom is 0.418 e. The Morgan fingerprint density at radius 3 is 2.26 bits per heavy atom. The number of rotatable bonds is 8. The molecule has 10 nitrogen and oxygen atoms in total.